The molecule has 84 valence electrons. The molecule has 0 saturated heterocycles. The first-order valence-electron chi connectivity index (χ1n) is 5.14. The second-order valence-electron chi connectivity index (χ2n) is 4.48. The number of sulfone groups is 1. The maximum Gasteiger partial charge on any atom is 0.200 e. The van der Waals surface area contributed by atoms with Crippen LogP contribution >= 0.6 is 0 Å². The van der Waals surface area contributed by atoms with Crippen molar-refractivity contribution in [1.82, 2.24) is 5.32 Å². The molecule has 0 fully saturated rings. The van der Waals surface area contributed by atoms with E-state index in [0.29, 0.717) is 11.4 Å². The number of aliphatic imine (C=N–C) groups is 1. The van der Waals surface area contributed by atoms with Crippen molar-refractivity contribution >= 4 is 16.2 Å². The fourth-order valence-corrected chi connectivity index (χ4v) is 4.85. The van der Waals surface area contributed by atoms with Crippen molar-refractivity contribution in [3.8, 4) is 0 Å². The molecule has 16 heavy (non-hydrogen) atoms. The zero-order valence-electron chi connectivity index (χ0n) is 8.84. The Hall–Kier alpha value is -1.36. The fraction of sp³-hybridized carbons (Fsp3) is 0.364. The van der Waals surface area contributed by atoms with E-state index in [9.17, 15) is 8.42 Å². The van der Waals surface area contributed by atoms with Gasteiger partial charge in [0.1, 0.15) is 5.37 Å². The van der Waals surface area contributed by atoms with E-state index < -0.39 is 20.6 Å². The molecule has 1 aromatic carbocycles. The quantitative estimate of drug-likeness (QED) is 0.721. The Morgan fingerprint density at radius 2 is 2.19 bits per heavy atom. The van der Waals surface area contributed by atoms with Crippen LogP contribution < -0.4 is 5.32 Å². The summed E-state index contributed by atoms with van der Waals surface area (Å²) in [5.74, 6) is 0. The van der Waals surface area contributed by atoms with Crippen molar-refractivity contribution in [3.05, 3.63) is 29.8 Å². The summed E-state index contributed by atoms with van der Waals surface area (Å²) in [5.41, 5.74) is 0.439. The summed E-state index contributed by atoms with van der Waals surface area (Å²) in [4.78, 5) is 4.60. The van der Waals surface area contributed by atoms with Crippen LogP contribution in [0.1, 0.15) is 12.5 Å². The molecule has 0 aliphatic carbocycles. The van der Waals surface area contributed by atoms with Gasteiger partial charge in [0.05, 0.1) is 17.8 Å². The molecule has 3 rings (SSSR count). The summed E-state index contributed by atoms with van der Waals surface area (Å²) < 4.78 is 24.6. The third-order valence-electron chi connectivity index (χ3n) is 3.43. The highest BCUT2D eigenvalue weighted by Crippen LogP contribution is 2.44. The van der Waals surface area contributed by atoms with Crippen molar-refractivity contribution < 1.29 is 8.42 Å². The van der Waals surface area contributed by atoms with E-state index in [1.165, 1.54) is 6.34 Å². The van der Waals surface area contributed by atoms with Gasteiger partial charge in [-0.2, -0.15) is 0 Å². The van der Waals surface area contributed by atoms with Gasteiger partial charge in [0, 0.05) is 5.41 Å². The van der Waals surface area contributed by atoms with Crippen LogP contribution in [0.2, 0.25) is 0 Å². The first-order chi connectivity index (χ1) is 7.57. The van der Waals surface area contributed by atoms with E-state index in [4.69, 9.17) is 0 Å². The number of benzene rings is 1. The first-order valence-corrected chi connectivity index (χ1v) is 6.69. The Labute approximate surface area is 94.3 Å². The maximum atomic E-state index is 12.3. The van der Waals surface area contributed by atoms with Gasteiger partial charge in [-0.15, -0.1) is 0 Å². The predicted molar refractivity (Wildman–Crippen MR) is 61.3 cm³/mol. The molecule has 0 spiro atoms. The average molecular weight is 236 g/mol. The highest BCUT2D eigenvalue weighted by atomic mass is 32.2. The van der Waals surface area contributed by atoms with Crippen molar-refractivity contribution in [3.63, 3.8) is 0 Å². The highest BCUT2D eigenvalue weighted by molar-refractivity contribution is 7.92. The molecule has 5 heteroatoms. The Kier molecular flexibility index (Phi) is 1.75. The normalized spacial score (nSPS) is 33.9. The van der Waals surface area contributed by atoms with Crippen LogP contribution in [0.15, 0.2) is 34.2 Å². The molecule has 0 radical (unpaired) electrons. The Morgan fingerprint density at radius 3 is 3.00 bits per heavy atom. The highest BCUT2D eigenvalue weighted by Gasteiger charge is 2.53. The second kappa shape index (κ2) is 2.85. The molecule has 4 nitrogen and oxygen atoms in total. The number of rotatable bonds is 0. The van der Waals surface area contributed by atoms with E-state index in [0.717, 1.165) is 5.56 Å². The van der Waals surface area contributed by atoms with Crippen LogP contribution in [0.3, 0.4) is 0 Å². The number of nitrogens with zero attached hydrogens (tertiary/aromatic N) is 1. The molecule has 2 heterocycles. The van der Waals surface area contributed by atoms with Crippen LogP contribution in [0.5, 0.6) is 0 Å². The van der Waals surface area contributed by atoms with Gasteiger partial charge in [0.2, 0.25) is 0 Å². The minimum atomic E-state index is -3.27. The Bertz CT molecular complexity index is 579. The van der Waals surface area contributed by atoms with Crippen molar-refractivity contribution in [2.75, 3.05) is 6.54 Å². The Morgan fingerprint density at radius 1 is 1.44 bits per heavy atom. The van der Waals surface area contributed by atoms with Gasteiger partial charge in [0.15, 0.2) is 9.84 Å². The molecule has 0 bridgehead atoms. The number of nitrogens with one attached hydrogen (secondary N) is 1. The standard InChI is InChI=1S/C11H12N2O2S/c1-11-6-12-7-13-10(11)16(14,15)9-5-3-2-4-8(9)11/h2-5,7,10H,6H2,1H3,(H,12,13). The molecule has 0 amide bonds. The largest absolute Gasteiger partial charge is 0.359 e. The molecular formula is C11H12N2O2S. The first kappa shape index (κ1) is 9.84. The molecule has 2 aliphatic rings. The van der Waals surface area contributed by atoms with E-state index in [1.54, 1.807) is 12.1 Å². The molecule has 2 atom stereocenters. The summed E-state index contributed by atoms with van der Waals surface area (Å²) in [6.07, 6.45) is 1.50. The SMILES string of the molecule is CC12CN=CNC1S(=O)(=O)c1ccccc12. The molecule has 2 unspecified atom stereocenters. The smallest absolute Gasteiger partial charge is 0.200 e. The third-order valence-corrected chi connectivity index (χ3v) is 5.68. The topological polar surface area (TPSA) is 58.5 Å². The zero-order chi connectivity index (χ0) is 11.4. The lowest BCUT2D eigenvalue weighted by atomic mass is 9.82. The summed E-state index contributed by atoms with van der Waals surface area (Å²) in [5, 5.41) is 2.30. The van der Waals surface area contributed by atoms with Gasteiger partial charge in [-0.25, -0.2) is 8.42 Å². The van der Waals surface area contributed by atoms with Crippen molar-refractivity contribution in [2.24, 2.45) is 4.99 Å². The molecule has 1 N–H and O–H groups in total. The lowest BCUT2D eigenvalue weighted by Crippen LogP contribution is -2.50. The van der Waals surface area contributed by atoms with Gasteiger partial charge >= 0.3 is 0 Å². The van der Waals surface area contributed by atoms with E-state index in [2.05, 4.69) is 10.3 Å². The summed E-state index contributed by atoms with van der Waals surface area (Å²) in [7, 11) is -3.27. The molecule has 2 aliphatic heterocycles. The minimum Gasteiger partial charge on any atom is -0.359 e. The van der Waals surface area contributed by atoms with Crippen LogP contribution in [-0.2, 0) is 15.3 Å². The van der Waals surface area contributed by atoms with E-state index >= 15 is 0 Å². The van der Waals surface area contributed by atoms with Gasteiger partial charge in [0.25, 0.3) is 0 Å². The number of hydrogen-bond donors (Lipinski definition) is 1. The number of fused-ring (bicyclic) bond motifs is 3. The Balaban J connectivity index is 2.35. The summed E-state index contributed by atoms with van der Waals surface area (Å²) >= 11 is 0. The van der Waals surface area contributed by atoms with Crippen molar-refractivity contribution in [1.29, 1.82) is 0 Å². The monoisotopic (exact) mass is 236 g/mol. The molecule has 1 aromatic rings. The maximum absolute atomic E-state index is 12.3. The predicted octanol–water partition coefficient (Wildman–Crippen LogP) is 0.689. The molecule has 0 saturated carbocycles. The number of hydrogen-bond acceptors (Lipinski definition) is 4. The third kappa shape index (κ3) is 0.988. The van der Waals surface area contributed by atoms with Crippen LogP contribution in [0.4, 0.5) is 0 Å². The van der Waals surface area contributed by atoms with Gasteiger partial charge in [-0.3, -0.25) is 4.99 Å². The van der Waals surface area contributed by atoms with Crippen molar-refractivity contribution in [2.45, 2.75) is 22.6 Å². The molecule has 0 aromatic heterocycles. The van der Waals surface area contributed by atoms with Crippen LogP contribution in [0, 0.1) is 0 Å². The van der Waals surface area contributed by atoms with Gasteiger partial charge < -0.3 is 5.32 Å². The van der Waals surface area contributed by atoms with Crippen LogP contribution in [-0.4, -0.2) is 26.7 Å². The van der Waals surface area contributed by atoms with E-state index in [1.807, 2.05) is 19.1 Å². The second-order valence-corrected chi connectivity index (χ2v) is 6.48. The molecular weight excluding hydrogens is 224 g/mol. The lowest BCUT2D eigenvalue weighted by molar-refractivity contribution is 0.425. The average Bonchev–Trinajstić information content (AvgIpc) is 2.46. The summed E-state index contributed by atoms with van der Waals surface area (Å²) in [6.45, 7) is 2.46. The van der Waals surface area contributed by atoms with E-state index in [-0.39, 0.29) is 0 Å². The van der Waals surface area contributed by atoms with Gasteiger partial charge in [-0.1, -0.05) is 25.1 Å². The summed E-state index contributed by atoms with van der Waals surface area (Å²) in [6, 6.07) is 7.20. The zero-order valence-corrected chi connectivity index (χ0v) is 9.66. The van der Waals surface area contributed by atoms with Crippen LogP contribution in [0.25, 0.3) is 0 Å². The lowest BCUT2D eigenvalue weighted by Gasteiger charge is -2.32. The minimum absolute atomic E-state index is 0.440. The van der Waals surface area contributed by atoms with Gasteiger partial charge in [-0.05, 0) is 11.6 Å². The fourth-order valence-electron chi connectivity index (χ4n) is 2.59.